The van der Waals surface area contributed by atoms with Crippen molar-refractivity contribution in [2.75, 3.05) is 19.7 Å². The van der Waals surface area contributed by atoms with E-state index in [9.17, 15) is 5.11 Å². The molecule has 1 aliphatic carbocycles. The van der Waals surface area contributed by atoms with Gasteiger partial charge in [0.15, 0.2) is 0 Å². The van der Waals surface area contributed by atoms with Crippen LogP contribution in [0, 0.1) is 5.41 Å². The summed E-state index contributed by atoms with van der Waals surface area (Å²) in [6, 6.07) is 4.05. The Balaban J connectivity index is 1.70. The van der Waals surface area contributed by atoms with Crippen LogP contribution in [0.4, 0.5) is 0 Å². The molecule has 2 N–H and O–H groups in total. The molecule has 0 unspecified atom stereocenters. The highest BCUT2D eigenvalue weighted by molar-refractivity contribution is 7.16. The summed E-state index contributed by atoms with van der Waals surface area (Å²) in [7, 11) is 0. The van der Waals surface area contributed by atoms with Crippen LogP contribution in [-0.2, 0) is 6.42 Å². The van der Waals surface area contributed by atoms with Crippen molar-refractivity contribution in [3.8, 4) is 0 Å². The Morgan fingerprint density at radius 1 is 1.28 bits per heavy atom. The van der Waals surface area contributed by atoms with Gasteiger partial charge in [-0.15, -0.1) is 11.3 Å². The van der Waals surface area contributed by atoms with E-state index in [1.165, 1.54) is 37.0 Å². The van der Waals surface area contributed by atoms with Crippen LogP contribution in [0.25, 0.3) is 0 Å². The van der Waals surface area contributed by atoms with Crippen LogP contribution in [0.1, 0.15) is 37.0 Å². The number of halogens is 1. The number of hydrogen-bond donors (Lipinski definition) is 2. The largest absolute Gasteiger partial charge is 0.396 e. The quantitative estimate of drug-likeness (QED) is 0.785. The van der Waals surface area contributed by atoms with Crippen LogP contribution >= 0.6 is 22.9 Å². The van der Waals surface area contributed by atoms with E-state index in [1.807, 2.05) is 6.07 Å². The fraction of sp³-hybridized carbons (Fsp3) is 0.714. The van der Waals surface area contributed by atoms with Crippen molar-refractivity contribution >= 4 is 22.9 Å². The third-order valence-corrected chi connectivity index (χ3v) is 5.22. The fourth-order valence-electron chi connectivity index (χ4n) is 2.74. The second-order valence-corrected chi connectivity index (χ2v) is 7.15. The molecular weight excluding hydrogens is 266 g/mol. The second kappa shape index (κ2) is 6.90. The summed E-state index contributed by atoms with van der Waals surface area (Å²) in [4.78, 5) is 1.33. The lowest BCUT2D eigenvalue weighted by atomic mass is 9.74. The Hall–Kier alpha value is -0.0900. The number of thiophene rings is 1. The predicted molar refractivity (Wildman–Crippen MR) is 78.5 cm³/mol. The zero-order valence-electron chi connectivity index (χ0n) is 10.8. The van der Waals surface area contributed by atoms with E-state index < -0.39 is 0 Å². The van der Waals surface area contributed by atoms with Crippen molar-refractivity contribution in [3.63, 3.8) is 0 Å². The average molecular weight is 288 g/mol. The van der Waals surface area contributed by atoms with E-state index in [2.05, 4.69) is 11.4 Å². The Bertz CT molecular complexity index is 360. The molecule has 1 heterocycles. The van der Waals surface area contributed by atoms with Gasteiger partial charge in [0, 0.05) is 23.4 Å². The number of rotatable bonds is 6. The molecule has 2 rings (SSSR count). The molecule has 1 saturated carbocycles. The van der Waals surface area contributed by atoms with Crippen LogP contribution < -0.4 is 5.32 Å². The summed E-state index contributed by atoms with van der Waals surface area (Å²) in [6.07, 6.45) is 7.22. The van der Waals surface area contributed by atoms with Crippen molar-refractivity contribution in [2.24, 2.45) is 5.41 Å². The van der Waals surface area contributed by atoms with Gasteiger partial charge in [-0.2, -0.15) is 0 Å². The summed E-state index contributed by atoms with van der Waals surface area (Å²) in [6.45, 7) is 2.24. The van der Waals surface area contributed by atoms with Gasteiger partial charge in [0.2, 0.25) is 0 Å². The van der Waals surface area contributed by atoms with Gasteiger partial charge in [0.05, 0.1) is 4.34 Å². The number of aliphatic hydroxyl groups is 1. The van der Waals surface area contributed by atoms with E-state index in [0.29, 0.717) is 6.61 Å². The van der Waals surface area contributed by atoms with Crippen molar-refractivity contribution in [1.29, 1.82) is 0 Å². The first kappa shape index (κ1) is 14.3. The highest BCUT2D eigenvalue weighted by atomic mass is 35.5. The molecule has 18 heavy (non-hydrogen) atoms. The topological polar surface area (TPSA) is 32.3 Å². The molecule has 0 amide bonds. The summed E-state index contributed by atoms with van der Waals surface area (Å²) < 4.78 is 0.865. The minimum absolute atomic E-state index is 0.144. The van der Waals surface area contributed by atoms with Gasteiger partial charge in [0.25, 0.3) is 0 Å². The van der Waals surface area contributed by atoms with E-state index in [1.54, 1.807) is 11.3 Å². The van der Waals surface area contributed by atoms with Crippen LogP contribution in [0.15, 0.2) is 12.1 Å². The van der Waals surface area contributed by atoms with Crippen LogP contribution in [0.3, 0.4) is 0 Å². The Labute approximate surface area is 118 Å². The molecule has 0 aliphatic heterocycles. The number of nitrogens with one attached hydrogen (secondary N) is 1. The zero-order chi connectivity index (χ0) is 12.8. The molecule has 1 aliphatic rings. The summed E-state index contributed by atoms with van der Waals surface area (Å²) in [5.74, 6) is 0. The minimum atomic E-state index is 0.144. The molecule has 0 spiro atoms. The van der Waals surface area contributed by atoms with Gasteiger partial charge in [-0.3, -0.25) is 0 Å². The van der Waals surface area contributed by atoms with Crippen LogP contribution in [-0.4, -0.2) is 24.8 Å². The maximum Gasteiger partial charge on any atom is 0.0931 e. The molecule has 4 heteroatoms. The molecule has 0 aromatic carbocycles. The molecule has 1 aromatic heterocycles. The van der Waals surface area contributed by atoms with Gasteiger partial charge in [-0.1, -0.05) is 30.9 Å². The van der Waals surface area contributed by atoms with Crippen molar-refractivity contribution in [2.45, 2.75) is 38.5 Å². The summed E-state index contributed by atoms with van der Waals surface area (Å²) >= 11 is 7.56. The van der Waals surface area contributed by atoms with Gasteiger partial charge < -0.3 is 10.4 Å². The monoisotopic (exact) mass is 287 g/mol. The minimum Gasteiger partial charge on any atom is -0.396 e. The number of hydrogen-bond acceptors (Lipinski definition) is 3. The van der Waals surface area contributed by atoms with E-state index >= 15 is 0 Å². The first-order chi connectivity index (χ1) is 8.74. The first-order valence-corrected chi connectivity index (χ1v) is 7.99. The zero-order valence-corrected chi connectivity index (χ0v) is 12.3. The third-order valence-electron chi connectivity index (χ3n) is 3.93. The lowest BCUT2D eigenvalue weighted by molar-refractivity contribution is 0.0817. The van der Waals surface area contributed by atoms with Gasteiger partial charge in [-0.25, -0.2) is 0 Å². The predicted octanol–water partition coefficient (Wildman–Crippen LogP) is 3.48. The first-order valence-electron chi connectivity index (χ1n) is 6.80. The molecular formula is C14H22ClNOS. The lowest BCUT2D eigenvalue weighted by Crippen LogP contribution is -2.39. The third kappa shape index (κ3) is 3.95. The Morgan fingerprint density at radius 2 is 2.06 bits per heavy atom. The molecule has 2 nitrogen and oxygen atoms in total. The fourth-order valence-corrected chi connectivity index (χ4v) is 3.83. The van der Waals surface area contributed by atoms with Gasteiger partial charge in [-0.05, 0) is 37.9 Å². The average Bonchev–Trinajstić information content (AvgIpc) is 2.82. The van der Waals surface area contributed by atoms with Crippen LogP contribution in [0.2, 0.25) is 4.34 Å². The molecule has 0 atom stereocenters. The van der Waals surface area contributed by atoms with Crippen LogP contribution in [0.5, 0.6) is 0 Å². The van der Waals surface area contributed by atoms with E-state index in [-0.39, 0.29) is 5.41 Å². The maximum atomic E-state index is 9.61. The highest BCUT2D eigenvalue weighted by Crippen LogP contribution is 2.35. The molecule has 102 valence electrons. The standard InChI is InChI=1S/C14H22ClNOS/c15-13-5-4-12(18-13)6-9-16-10-14(11-17)7-2-1-3-8-14/h4-5,16-17H,1-3,6-11H2. The normalized spacial score (nSPS) is 19.0. The molecule has 0 radical (unpaired) electrons. The SMILES string of the molecule is OCC1(CNCCc2ccc(Cl)s2)CCCCC1. The summed E-state index contributed by atoms with van der Waals surface area (Å²) in [5, 5.41) is 13.1. The smallest absolute Gasteiger partial charge is 0.0931 e. The highest BCUT2D eigenvalue weighted by Gasteiger charge is 2.30. The number of aliphatic hydroxyl groups excluding tert-OH is 1. The van der Waals surface area contributed by atoms with E-state index in [4.69, 9.17) is 11.6 Å². The van der Waals surface area contributed by atoms with Gasteiger partial charge >= 0.3 is 0 Å². The molecule has 0 saturated heterocycles. The molecule has 1 fully saturated rings. The maximum absolute atomic E-state index is 9.61. The second-order valence-electron chi connectivity index (χ2n) is 5.35. The van der Waals surface area contributed by atoms with Crippen molar-refractivity contribution in [1.82, 2.24) is 5.32 Å². The lowest BCUT2D eigenvalue weighted by Gasteiger charge is -2.35. The Kier molecular flexibility index (Phi) is 5.49. The Morgan fingerprint density at radius 3 is 2.67 bits per heavy atom. The molecule has 0 bridgehead atoms. The summed E-state index contributed by atoms with van der Waals surface area (Å²) in [5.41, 5.74) is 0.144. The van der Waals surface area contributed by atoms with E-state index in [0.717, 1.165) is 23.8 Å². The van der Waals surface area contributed by atoms with Crippen molar-refractivity contribution in [3.05, 3.63) is 21.3 Å². The molecule has 1 aromatic rings. The van der Waals surface area contributed by atoms with Crippen molar-refractivity contribution < 1.29 is 5.11 Å². The van der Waals surface area contributed by atoms with Gasteiger partial charge in [0.1, 0.15) is 0 Å².